The van der Waals surface area contributed by atoms with Gasteiger partial charge in [-0.3, -0.25) is 9.89 Å². The largest absolute Gasteiger partial charge is 0.508 e. The summed E-state index contributed by atoms with van der Waals surface area (Å²) >= 11 is 0. The molecule has 6 heteroatoms. The van der Waals surface area contributed by atoms with E-state index in [4.69, 9.17) is 5.73 Å². The summed E-state index contributed by atoms with van der Waals surface area (Å²) in [6.07, 6.45) is 1.40. The molecule has 0 radical (unpaired) electrons. The second kappa shape index (κ2) is 4.79. The number of phenols is 1. The molecule has 1 heterocycles. The first kappa shape index (κ1) is 12.0. The van der Waals surface area contributed by atoms with Crippen LogP contribution in [0.5, 0.6) is 5.75 Å². The van der Waals surface area contributed by atoms with Crippen molar-refractivity contribution in [1.82, 2.24) is 15.1 Å². The lowest BCUT2D eigenvalue weighted by molar-refractivity contribution is 0.0780. The minimum Gasteiger partial charge on any atom is -0.508 e. The number of amides is 1. The van der Waals surface area contributed by atoms with Gasteiger partial charge in [-0.1, -0.05) is 12.1 Å². The Morgan fingerprint density at radius 3 is 2.67 bits per heavy atom. The molecule has 1 amide bonds. The fourth-order valence-corrected chi connectivity index (χ4v) is 1.60. The number of aromatic amines is 1. The van der Waals surface area contributed by atoms with Crippen LogP contribution in [0, 0.1) is 0 Å². The lowest BCUT2D eigenvalue weighted by Gasteiger charge is -2.16. The van der Waals surface area contributed by atoms with Gasteiger partial charge in [-0.25, -0.2) is 0 Å². The summed E-state index contributed by atoms with van der Waals surface area (Å²) in [5.74, 6) is -0.0244. The third-order valence-corrected chi connectivity index (χ3v) is 2.59. The molecule has 0 aliphatic carbocycles. The molecule has 94 valence electrons. The van der Waals surface area contributed by atoms with Gasteiger partial charge in [0.1, 0.15) is 11.4 Å². The first-order valence-corrected chi connectivity index (χ1v) is 5.40. The number of anilines is 1. The molecule has 0 saturated heterocycles. The number of nitrogens with two attached hydrogens (primary N) is 1. The number of nitrogens with one attached hydrogen (secondary N) is 1. The van der Waals surface area contributed by atoms with Gasteiger partial charge in [-0.2, -0.15) is 5.10 Å². The SMILES string of the molecule is CN(Cc1ccc(O)cc1)C(=O)c1[nH]ncc1N. The number of nitrogen functional groups attached to an aromatic ring is 1. The average molecular weight is 246 g/mol. The van der Waals surface area contributed by atoms with E-state index in [-0.39, 0.29) is 17.4 Å². The van der Waals surface area contributed by atoms with Crippen LogP contribution in [0.2, 0.25) is 0 Å². The molecule has 0 aliphatic rings. The van der Waals surface area contributed by atoms with E-state index in [9.17, 15) is 9.90 Å². The van der Waals surface area contributed by atoms with Crippen LogP contribution < -0.4 is 5.73 Å². The van der Waals surface area contributed by atoms with Crippen molar-refractivity contribution in [3.8, 4) is 5.75 Å². The standard InChI is InChI=1S/C12H14N4O2/c1-16(7-8-2-4-9(17)5-3-8)12(18)11-10(13)6-14-15-11/h2-6,17H,7,13H2,1H3,(H,14,15). The number of aromatic nitrogens is 2. The van der Waals surface area contributed by atoms with E-state index in [2.05, 4.69) is 10.2 Å². The Bertz CT molecular complexity index is 547. The summed E-state index contributed by atoms with van der Waals surface area (Å²) < 4.78 is 0. The molecule has 0 spiro atoms. The second-order valence-corrected chi connectivity index (χ2v) is 4.03. The van der Waals surface area contributed by atoms with Crippen LogP contribution in [0.3, 0.4) is 0 Å². The van der Waals surface area contributed by atoms with Gasteiger partial charge in [-0.15, -0.1) is 0 Å². The number of rotatable bonds is 3. The second-order valence-electron chi connectivity index (χ2n) is 4.03. The highest BCUT2D eigenvalue weighted by atomic mass is 16.3. The number of phenolic OH excluding ortho intramolecular Hbond substituents is 1. The smallest absolute Gasteiger partial charge is 0.274 e. The number of hydrogen-bond acceptors (Lipinski definition) is 4. The number of aromatic hydroxyl groups is 1. The predicted molar refractivity (Wildman–Crippen MR) is 66.9 cm³/mol. The zero-order chi connectivity index (χ0) is 13.1. The third-order valence-electron chi connectivity index (χ3n) is 2.59. The molecule has 0 fully saturated rings. The van der Waals surface area contributed by atoms with Crippen molar-refractivity contribution in [2.45, 2.75) is 6.54 Å². The quantitative estimate of drug-likeness (QED) is 0.752. The van der Waals surface area contributed by atoms with Gasteiger partial charge in [0.2, 0.25) is 0 Å². The lowest BCUT2D eigenvalue weighted by Crippen LogP contribution is -2.27. The van der Waals surface area contributed by atoms with Crippen LogP contribution in [0.15, 0.2) is 30.5 Å². The molecule has 0 unspecified atom stereocenters. The highest BCUT2D eigenvalue weighted by molar-refractivity contribution is 5.96. The average Bonchev–Trinajstić information content (AvgIpc) is 2.77. The van der Waals surface area contributed by atoms with Gasteiger partial charge in [-0.05, 0) is 17.7 Å². The van der Waals surface area contributed by atoms with E-state index in [1.54, 1.807) is 31.3 Å². The van der Waals surface area contributed by atoms with Crippen molar-refractivity contribution in [2.24, 2.45) is 0 Å². The molecule has 0 atom stereocenters. The van der Waals surface area contributed by atoms with Gasteiger partial charge >= 0.3 is 0 Å². The summed E-state index contributed by atoms with van der Waals surface area (Å²) in [6, 6.07) is 6.68. The van der Waals surface area contributed by atoms with Gasteiger partial charge in [0.15, 0.2) is 0 Å². The van der Waals surface area contributed by atoms with Crippen molar-refractivity contribution in [3.05, 3.63) is 41.7 Å². The van der Waals surface area contributed by atoms with Crippen LogP contribution in [0.25, 0.3) is 0 Å². The van der Waals surface area contributed by atoms with Crippen molar-refractivity contribution in [3.63, 3.8) is 0 Å². The van der Waals surface area contributed by atoms with Crippen molar-refractivity contribution in [1.29, 1.82) is 0 Å². The fourth-order valence-electron chi connectivity index (χ4n) is 1.60. The normalized spacial score (nSPS) is 10.3. The van der Waals surface area contributed by atoms with Crippen LogP contribution in [-0.2, 0) is 6.54 Å². The van der Waals surface area contributed by atoms with Gasteiger partial charge in [0.05, 0.1) is 11.9 Å². The third kappa shape index (κ3) is 2.42. The van der Waals surface area contributed by atoms with Gasteiger partial charge < -0.3 is 15.7 Å². The minimum atomic E-state index is -0.224. The lowest BCUT2D eigenvalue weighted by atomic mass is 10.2. The molecule has 18 heavy (non-hydrogen) atoms. The Morgan fingerprint density at radius 1 is 1.44 bits per heavy atom. The molecule has 6 nitrogen and oxygen atoms in total. The van der Waals surface area contributed by atoms with Crippen molar-refractivity contribution < 1.29 is 9.90 Å². The predicted octanol–water partition coefficient (Wildman–Crippen LogP) is 0.970. The van der Waals surface area contributed by atoms with Crippen LogP contribution in [-0.4, -0.2) is 33.2 Å². The summed E-state index contributed by atoms with van der Waals surface area (Å²) in [6.45, 7) is 0.428. The first-order chi connectivity index (χ1) is 8.58. The van der Waals surface area contributed by atoms with E-state index < -0.39 is 0 Å². The Balaban J connectivity index is 2.08. The minimum absolute atomic E-state index is 0.200. The molecule has 1 aromatic carbocycles. The molecular formula is C12H14N4O2. The fraction of sp³-hybridized carbons (Fsp3) is 0.167. The topological polar surface area (TPSA) is 95.2 Å². The highest BCUT2D eigenvalue weighted by Crippen LogP contribution is 2.14. The monoisotopic (exact) mass is 246 g/mol. The molecule has 0 bridgehead atoms. The van der Waals surface area contributed by atoms with Crippen LogP contribution in [0.1, 0.15) is 16.1 Å². The number of hydrogen-bond donors (Lipinski definition) is 3. The molecule has 1 aromatic heterocycles. The molecule has 2 rings (SSSR count). The van der Waals surface area contributed by atoms with Crippen molar-refractivity contribution >= 4 is 11.6 Å². The maximum Gasteiger partial charge on any atom is 0.274 e. The maximum absolute atomic E-state index is 12.0. The maximum atomic E-state index is 12.0. The molecule has 0 saturated carbocycles. The number of benzene rings is 1. The van der Waals surface area contributed by atoms with E-state index >= 15 is 0 Å². The number of H-pyrrole nitrogens is 1. The summed E-state index contributed by atoms with van der Waals surface area (Å²) in [7, 11) is 1.68. The van der Waals surface area contributed by atoms with E-state index in [0.717, 1.165) is 5.56 Å². The number of carbonyl (C=O) groups is 1. The highest BCUT2D eigenvalue weighted by Gasteiger charge is 2.16. The van der Waals surface area contributed by atoms with Crippen LogP contribution in [0.4, 0.5) is 5.69 Å². The summed E-state index contributed by atoms with van der Waals surface area (Å²) in [5.41, 5.74) is 7.16. The number of nitrogens with zero attached hydrogens (tertiary/aromatic N) is 2. The van der Waals surface area contributed by atoms with E-state index in [0.29, 0.717) is 12.2 Å². The summed E-state index contributed by atoms with van der Waals surface area (Å²) in [4.78, 5) is 13.5. The van der Waals surface area contributed by atoms with Gasteiger partial charge in [0, 0.05) is 13.6 Å². The first-order valence-electron chi connectivity index (χ1n) is 5.40. The molecule has 2 aromatic rings. The molecule has 0 aliphatic heterocycles. The van der Waals surface area contributed by atoms with Crippen LogP contribution >= 0.6 is 0 Å². The van der Waals surface area contributed by atoms with Gasteiger partial charge in [0.25, 0.3) is 5.91 Å². The molecule has 4 N–H and O–H groups in total. The van der Waals surface area contributed by atoms with E-state index in [1.165, 1.54) is 11.1 Å². The zero-order valence-corrected chi connectivity index (χ0v) is 9.92. The zero-order valence-electron chi connectivity index (χ0n) is 9.92. The van der Waals surface area contributed by atoms with Crippen molar-refractivity contribution in [2.75, 3.05) is 12.8 Å². The number of carbonyl (C=O) groups excluding carboxylic acids is 1. The summed E-state index contributed by atoms with van der Waals surface area (Å²) in [5, 5.41) is 15.5. The Hall–Kier alpha value is -2.50. The molecular weight excluding hydrogens is 232 g/mol. The Morgan fingerprint density at radius 2 is 2.11 bits per heavy atom. The Labute approximate surface area is 104 Å². The Kier molecular flexibility index (Phi) is 3.18. The van der Waals surface area contributed by atoms with E-state index in [1.807, 2.05) is 0 Å².